The third kappa shape index (κ3) is 4.84. The number of rotatable bonds is 6. The van der Waals surface area contributed by atoms with E-state index in [0.717, 1.165) is 0 Å². The second-order valence-electron chi connectivity index (χ2n) is 6.19. The molecule has 1 aromatic heterocycles. The van der Waals surface area contributed by atoms with E-state index in [4.69, 9.17) is 9.15 Å². The summed E-state index contributed by atoms with van der Waals surface area (Å²) in [6.07, 6.45) is 4.17. The maximum absolute atomic E-state index is 12.2. The number of nitro groups is 1. The Labute approximate surface area is 155 Å². The van der Waals surface area contributed by atoms with Gasteiger partial charge in [0.2, 0.25) is 0 Å². The van der Waals surface area contributed by atoms with E-state index in [0.29, 0.717) is 31.5 Å². The second-order valence-corrected chi connectivity index (χ2v) is 6.19. The number of likely N-dealkylation sites (tertiary alicyclic amines) is 1. The highest BCUT2D eigenvalue weighted by molar-refractivity contribution is 5.93. The Hall–Kier alpha value is -3.36. The van der Waals surface area contributed by atoms with Gasteiger partial charge in [-0.3, -0.25) is 19.7 Å². The van der Waals surface area contributed by atoms with Crippen LogP contribution in [-0.4, -0.2) is 47.4 Å². The molecule has 142 valence electrons. The molecule has 1 aromatic carbocycles. The van der Waals surface area contributed by atoms with Gasteiger partial charge in [-0.2, -0.15) is 0 Å². The van der Waals surface area contributed by atoms with Crippen LogP contribution in [0.3, 0.4) is 0 Å². The minimum atomic E-state index is -0.522. The normalized spacial score (nSPS) is 14.6. The number of furan rings is 1. The highest BCUT2D eigenvalue weighted by Gasteiger charge is 2.25. The molecular weight excluding hydrogens is 354 g/mol. The van der Waals surface area contributed by atoms with Gasteiger partial charge in [-0.05, 0) is 25.0 Å². The maximum Gasteiger partial charge on any atom is 0.273 e. The molecule has 2 aromatic rings. The molecule has 9 heteroatoms. The summed E-state index contributed by atoms with van der Waals surface area (Å²) in [6, 6.07) is 7.26. The lowest BCUT2D eigenvalue weighted by atomic mass is 10.0. The number of carbonyl (C=O) groups is 2. The van der Waals surface area contributed by atoms with Crippen molar-refractivity contribution in [2.75, 3.05) is 19.7 Å². The summed E-state index contributed by atoms with van der Waals surface area (Å²) in [6.45, 7) is 0.858. The zero-order valence-corrected chi connectivity index (χ0v) is 14.5. The number of piperidine rings is 1. The van der Waals surface area contributed by atoms with Crippen LogP contribution in [0.15, 0.2) is 47.3 Å². The number of nitrogens with zero attached hydrogens (tertiary/aromatic N) is 2. The van der Waals surface area contributed by atoms with Gasteiger partial charge in [0.05, 0.1) is 22.8 Å². The van der Waals surface area contributed by atoms with E-state index >= 15 is 0 Å². The fourth-order valence-electron chi connectivity index (χ4n) is 2.90. The first kappa shape index (κ1) is 18.4. The van der Waals surface area contributed by atoms with Crippen LogP contribution in [-0.2, 0) is 4.79 Å². The third-order valence-corrected chi connectivity index (χ3v) is 4.31. The predicted octanol–water partition coefficient (Wildman–Crippen LogP) is 1.99. The fraction of sp³-hybridized carbons (Fsp3) is 0.333. The summed E-state index contributed by atoms with van der Waals surface area (Å²) in [5.74, 6) is -0.122. The monoisotopic (exact) mass is 373 g/mol. The SMILES string of the molecule is O=C(COc1cccc([N+](=O)[O-])c1)NC1CCN(C(=O)c2ccoc2)CC1. The molecule has 9 nitrogen and oxygen atoms in total. The van der Waals surface area contributed by atoms with E-state index in [-0.39, 0.29) is 35.9 Å². The standard InChI is InChI=1S/C18H19N3O6/c22-17(12-27-16-3-1-2-15(10-16)21(24)25)19-14-4-7-20(8-5-14)18(23)13-6-9-26-11-13/h1-3,6,9-11,14H,4-5,7-8,12H2,(H,19,22). The predicted molar refractivity (Wildman–Crippen MR) is 94.4 cm³/mol. The lowest BCUT2D eigenvalue weighted by Gasteiger charge is -2.32. The Balaban J connectivity index is 1.42. The van der Waals surface area contributed by atoms with Gasteiger partial charge < -0.3 is 19.4 Å². The van der Waals surface area contributed by atoms with Crippen molar-refractivity contribution in [2.45, 2.75) is 18.9 Å². The number of nitrogens with one attached hydrogen (secondary N) is 1. The summed E-state index contributed by atoms with van der Waals surface area (Å²) < 4.78 is 10.2. The number of non-ortho nitro benzene ring substituents is 1. The van der Waals surface area contributed by atoms with Gasteiger partial charge in [-0.25, -0.2) is 0 Å². The van der Waals surface area contributed by atoms with Gasteiger partial charge in [0, 0.05) is 25.2 Å². The van der Waals surface area contributed by atoms with E-state index in [1.54, 1.807) is 17.0 Å². The number of amides is 2. The molecule has 0 unspecified atom stereocenters. The molecule has 0 aliphatic carbocycles. The Kier molecular flexibility index (Phi) is 5.70. The Bertz CT molecular complexity index is 812. The third-order valence-electron chi connectivity index (χ3n) is 4.31. The number of hydrogen-bond acceptors (Lipinski definition) is 6. The molecule has 0 bridgehead atoms. The Morgan fingerprint density at radius 3 is 2.74 bits per heavy atom. The maximum atomic E-state index is 12.2. The van der Waals surface area contributed by atoms with Crippen molar-refractivity contribution in [3.8, 4) is 5.75 Å². The molecule has 0 saturated carbocycles. The van der Waals surface area contributed by atoms with Gasteiger partial charge in [0.1, 0.15) is 12.0 Å². The van der Waals surface area contributed by atoms with Gasteiger partial charge in [-0.15, -0.1) is 0 Å². The summed E-state index contributed by atoms with van der Waals surface area (Å²) in [5.41, 5.74) is 0.422. The molecule has 2 amide bonds. The van der Waals surface area contributed by atoms with Crippen LogP contribution in [0.25, 0.3) is 0 Å². The summed E-state index contributed by atoms with van der Waals surface area (Å²) in [5, 5.41) is 13.6. The van der Waals surface area contributed by atoms with Crippen molar-refractivity contribution in [3.63, 3.8) is 0 Å². The Morgan fingerprint density at radius 1 is 1.30 bits per heavy atom. The van der Waals surface area contributed by atoms with Crippen LogP contribution in [0, 0.1) is 10.1 Å². The molecule has 0 spiro atoms. The first-order valence-electron chi connectivity index (χ1n) is 8.51. The van der Waals surface area contributed by atoms with E-state index < -0.39 is 4.92 Å². The van der Waals surface area contributed by atoms with Crippen molar-refractivity contribution in [2.24, 2.45) is 0 Å². The van der Waals surface area contributed by atoms with E-state index in [1.165, 1.54) is 30.7 Å². The fourth-order valence-corrected chi connectivity index (χ4v) is 2.90. The second kappa shape index (κ2) is 8.35. The average molecular weight is 373 g/mol. The molecule has 1 aliphatic rings. The number of benzene rings is 1. The molecule has 1 aliphatic heterocycles. The lowest BCUT2D eigenvalue weighted by Crippen LogP contribution is -2.47. The number of nitro benzene ring substituents is 1. The minimum Gasteiger partial charge on any atom is -0.484 e. The van der Waals surface area contributed by atoms with E-state index in [2.05, 4.69) is 5.32 Å². The molecule has 0 atom stereocenters. The lowest BCUT2D eigenvalue weighted by molar-refractivity contribution is -0.384. The van der Waals surface area contributed by atoms with E-state index in [1.807, 2.05) is 0 Å². The van der Waals surface area contributed by atoms with Gasteiger partial charge in [-0.1, -0.05) is 6.07 Å². The number of carbonyl (C=O) groups excluding carboxylic acids is 2. The number of hydrogen-bond donors (Lipinski definition) is 1. The summed E-state index contributed by atoms with van der Waals surface area (Å²) in [7, 11) is 0. The molecule has 1 saturated heterocycles. The quantitative estimate of drug-likeness (QED) is 0.612. The van der Waals surface area contributed by atoms with Gasteiger partial charge in [0.25, 0.3) is 17.5 Å². The zero-order valence-electron chi connectivity index (χ0n) is 14.5. The van der Waals surface area contributed by atoms with Crippen LogP contribution in [0.2, 0.25) is 0 Å². The first-order chi connectivity index (χ1) is 13.0. The molecule has 2 heterocycles. The van der Waals surface area contributed by atoms with Crippen LogP contribution in [0.5, 0.6) is 5.75 Å². The smallest absolute Gasteiger partial charge is 0.273 e. The van der Waals surface area contributed by atoms with Crippen molar-refractivity contribution in [3.05, 3.63) is 58.5 Å². The topological polar surface area (TPSA) is 115 Å². The van der Waals surface area contributed by atoms with Crippen LogP contribution < -0.4 is 10.1 Å². The highest BCUT2D eigenvalue weighted by Crippen LogP contribution is 2.19. The molecule has 1 N–H and O–H groups in total. The summed E-state index contributed by atoms with van der Waals surface area (Å²) in [4.78, 5) is 36.2. The van der Waals surface area contributed by atoms with Crippen molar-refractivity contribution in [1.82, 2.24) is 10.2 Å². The zero-order chi connectivity index (χ0) is 19.2. The average Bonchev–Trinajstić information content (AvgIpc) is 3.21. The highest BCUT2D eigenvalue weighted by atomic mass is 16.6. The molecule has 27 heavy (non-hydrogen) atoms. The van der Waals surface area contributed by atoms with Gasteiger partial charge in [0.15, 0.2) is 6.61 Å². The molecule has 3 rings (SSSR count). The van der Waals surface area contributed by atoms with Crippen LogP contribution in [0.4, 0.5) is 5.69 Å². The molecule has 1 fully saturated rings. The van der Waals surface area contributed by atoms with Crippen LogP contribution in [0.1, 0.15) is 23.2 Å². The summed E-state index contributed by atoms with van der Waals surface area (Å²) >= 11 is 0. The van der Waals surface area contributed by atoms with E-state index in [9.17, 15) is 19.7 Å². The van der Waals surface area contributed by atoms with Crippen molar-refractivity contribution in [1.29, 1.82) is 0 Å². The molecule has 0 radical (unpaired) electrons. The van der Waals surface area contributed by atoms with Gasteiger partial charge >= 0.3 is 0 Å². The minimum absolute atomic E-state index is 0.0420. The molecular formula is C18H19N3O6. The van der Waals surface area contributed by atoms with Crippen LogP contribution >= 0.6 is 0 Å². The first-order valence-corrected chi connectivity index (χ1v) is 8.51. The van der Waals surface area contributed by atoms with Crippen molar-refractivity contribution >= 4 is 17.5 Å². The largest absolute Gasteiger partial charge is 0.484 e. The van der Waals surface area contributed by atoms with Crippen molar-refractivity contribution < 1.29 is 23.7 Å². The number of ether oxygens (including phenoxy) is 1. The Morgan fingerprint density at radius 2 is 2.07 bits per heavy atom.